The third kappa shape index (κ3) is 3.43. The molecule has 2 amide bonds. The van der Waals surface area contributed by atoms with Gasteiger partial charge in [-0.3, -0.25) is 14.3 Å². The fourth-order valence-electron chi connectivity index (χ4n) is 2.93. The Hall–Kier alpha value is -1.57. The van der Waals surface area contributed by atoms with E-state index < -0.39 is 0 Å². The Morgan fingerprint density at radius 1 is 1.27 bits per heavy atom. The van der Waals surface area contributed by atoms with Gasteiger partial charge < -0.3 is 9.80 Å². The molecule has 0 aromatic carbocycles. The molecule has 2 fully saturated rings. The Labute approximate surface area is 134 Å². The topological polar surface area (TPSA) is 71.3 Å². The summed E-state index contributed by atoms with van der Waals surface area (Å²) in [6.45, 7) is 2.36. The van der Waals surface area contributed by atoms with Crippen LogP contribution in [0, 0.1) is 0 Å². The molecule has 1 aromatic rings. The molecule has 1 unspecified atom stereocenters. The van der Waals surface area contributed by atoms with Gasteiger partial charge in [0, 0.05) is 38.0 Å². The van der Waals surface area contributed by atoms with Gasteiger partial charge in [-0.05, 0) is 19.3 Å². The van der Waals surface area contributed by atoms with Gasteiger partial charge in [0.2, 0.25) is 11.8 Å². The van der Waals surface area contributed by atoms with E-state index in [0.717, 1.165) is 31.7 Å². The highest BCUT2D eigenvalue weighted by Crippen LogP contribution is 2.25. The van der Waals surface area contributed by atoms with Crippen LogP contribution in [0.15, 0.2) is 12.4 Å². The number of nitrogens with zero attached hydrogens (tertiary/aromatic N) is 5. The second-order valence-electron chi connectivity index (χ2n) is 5.68. The lowest BCUT2D eigenvalue weighted by atomic mass is 10.2. The lowest BCUT2D eigenvalue weighted by molar-refractivity contribution is -0.142. The summed E-state index contributed by atoms with van der Waals surface area (Å²) in [4.78, 5) is 28.6. The molecular weight excluding hydrogens is 302 g/mol. The average Bonchev–Trinajstić information content (AvgIpc) is 3.26. The van der Waals surface area contributed by atoms with Crippen LogP contribution in [0.5, 0.6) is 0 Å². The SMILES string of the molecule is O=C(C1CSCN1C(=O)CCCn1ccnn1)N1CCCC1. The van der Waals surface area contributed by atoms with E-state index in [2.05, 4.69) is 10.3 Å². The largest absolute Gasteiger partial charge is 0.341 e. The summed E-state index contributed by atoms with van der Waals surface area (Å²) in [5.74, 6) is 1.56. The molecule has 8 heteroatoms. The molecule has 0 saturated carbocycles. The molecule has 120 valence electrons. The zero-order valence-corrected chi connectivity index (χ0v) is 13.4. The number of carbonyl (C=O) groups is 2. The molecule has 3 rings (SSSR count). The number of carbonyl (C=O) groups excluding carboxylic acids is 2. The van der Waals surface area contributed by atoms with E-state index in [1.54, 1.807) is 33.7 Å². The van der Waals surface area contributed by atoms with Crippen LogP contribution in [-0.2, 0) is 16.1 Å². The number of rotatable bonds is 5. The van der Waals surface area contributed by atoms with Gasteiger partial charge in [-0.2, -0.15) is 0 Å². The van der Waals surface area contributed by atoms with E-state index in [4.69, 9.17) is 0 Å². The molecule has 0 spiro atoms. The van der Waals surface area contributed by atoms with E-state index in [0.29, 0.717) is 25.3 Å². The van der Waals surface area contributed by atoms with Crippen molar-refractivity contribution in [1.82, 2.24) is 24.8 Å². The molecule has 2 aliphatic heterocycles. The average molecular weight is 323 g/mol. The molecule has 0 aliphatic carbocycles. The van der Waals surface area contributed by atoms with Gasteiger partial charge >= 0.3 is 0 Å². The lowest BCUT2D eigenvalue weighted by Crippen LogP contribution is -2.48. The van der Waals surface area contributed by atoms with E-state index in [1.807, 2.05) is 4.90 Å². The first kappa shape index (κ1) is 15.3. The second kappa shape index (κ2) is 7.13. The van der Waals surface area contributed by atoms with Gasteiger partial charge in [0.1, 0.15) is 6.04 Å². The summed E-state index contributed by atoms with van der Waals surface area (Å²) in [7, 11) is 0. The van der Waals surface area contributed by atoms with Crippen molar-refractivity contribution in [1.29, 1.82) is 0 Å². The Balaban J connectivity index is 1.50. The van der Waals surface area contributed by atoms with Crippen molar-refractivity contribution in [2.24, 2.45) is 0 Å². The first-order valence-electron chi connectivity index (χ1n) is 7.76. The van der Waals surface area contributed by atoms with Crippen molar-refractivity contribution in [3.63, 3.8) is 0 Å². The van der Waals surface area contributed by atoms with Crippen molar-refractivity contribution in [2.45, 2.75) is 38.3 Å². The number of aryl methyl sites for hydroxylation is 1. The van der Waals surface area contributed by atoms with Crippen molar-refractivity contribution in [3.05, 3.63) is 12.4 Å². The standard InChI is InChI=1S/C14H21N5O2S/c20-13(4-3-8-18-9-5-15-16-18)19-11-22-10-12(19)14(21)17-6-1-2-7-17/h5,9,12H,1-4,6-8,10-11H2. The maximum atomic E-state index is 12.5. The number of hydrogen-bond acceptors (Lipinski definition) is 5. The number of likely N-dealkylation sites (tertiary alicyclic amines) is 1. The second-order valence-corrected chi connectivity index (χ2v) is 6.68. The van der Waals surface area contributed by atoms with Crippen molar-refractivity contribution in [2.75, 3.05) is 24.7 Å². The molecule has 1 atom stereocenters. The van der Waals surface area contributed by atoms with Crippen LogP contribution in [0.1, 0.15) is 25.7 Å². The van der Waals surface area contributed by atoms with Crippen LogP contribution in [0.25, 0.3) is 0 Å². The van der Waals surface area contributed by atoms with Gasteiger partial charge in [0.25, 0.3) is 0 Å². The molecule has 1 aromatic heterocycles. The van der Waals surface area contributed by atoms with Crippen LogP contribution in [-0.4, -0.2) is 67.4 Å². The van der Waals surface area contributed by atoms with E-state index in [-0.39, 0.29) is 17.9 Å². The molecule has 0 N–H and O–H groups in total. The summed E-state index contributed by atoms with van der Waals surface area (Å²) in [6, 6.07) is -0.262. The number of hydrogen-bond donors (Lipinski definition) is 0. The molecule has 3 heterocycles. The third-order valence-corrected chi connectivity index (χ3v) is 5.17. The summed E-state index contributed by atoms with van der Waals surface area (Å²) in [5, 5.41) is 7.62. The Morgan fingerprint density at radius 3 is 2.82 bits per heavy atom. The maximum absolute atomic E-state index is 12.5. The van der Waals surface area contributed by atoms with Gasteiger partial charge in [-0.15, -0.1) is 16.9 Å². The zero-order chi connectivity index (χ0) is 15.4. The molecule has 2 saturated heterocycles. The Morgan fingerprint density at radius 2 is 2.09 bits per heavy atom. The van der Waals surface area contributed by atoms with Crippen molar-refractivity contribution in [3.8, 4) is 0 Å². The monoisotopic (exact) mass is 323 g/mol. The van der Waals surface area contributed by atoms with Gasteiger partial charge in [0.05, 0.1) is 12.1 Å². The van der Waals surface area contributed by atoms with Crippen molar-refractivity contribution >= 4 is 23.6 Å². The minimum Gasteiger partial charge on any atom is -0.341 e. The summed E-state index contributed by atoms with van der Waals surface area (Å²) < 4.78 is 1.72. The predicted octanol–water partition coefficient (Wildman–Crippen LogP) is 0.582. The third-order valence-electron chi connectivity index (χ3n) is 4.16. The fourth-order valence-corrected chi connectivity index (χ4v) is 4.10. The van der Waals surface area contributed by atoms with Gasteiger partial charge in [0.15, 0.2) is 0 Å². The van der Waals surface area contributed by atoms with Gasteiger partial charge in [-0.25, -0.2) is 0 Å². The first-order chi connectivity index (χ1) is 10.8. The number of amides is 2. The minimum absolute atomic E-state index is 0.0719. The molecule has 0 radical (unpaired) electrons. The smallest absolute Gasteiger partial charge is 0.246 e. The minimum atomic E-state index is -0.262. The predicted molar refractivity (Wildman–Crippen MR) is 83.0 cm³/mol. The molecule has 0 bridgehead atoms. The molecule has 22 heavy (non-hydrogen) atoms. The summed E-state index contributed by atoms with van der Waals surface area (Å²) >= 11 is 1.67. The molecule has 7 nitrogen and oxygen atoms in total. The Kier molecular flexibility index (Phi) is 4.97. The van der Waals surface area contributed by atoms with Gasteiger partial charge in [-0.1, -0.05) is 5.21 Å². The van der Waals surface area contributed by atoms with Crippen molar-refractivity contribution < 1.29 is 9.59 Å². The van der Waals surface area contributed by atoms with Crippen LogP contribution < -0.4 is 0 Å². The van der Waals surface area contributed by atoms with E-state index in [9.17, 15) is 9.59 Å². The number of thioether (sulfide) groups is 1. The highest BCUT2D eigenvalue weighted by molar-refractivity contribution is 7.99. The van der Waals surface area contributed by atoms with Crippen LogP contribution in [0.4, 0.5) is 0 Å². The maximum Gasteiger partial charge on any atom is 0.246 e. The van der Waals surface area contributed by atoms with Crippen LogP contribution in [0.2, 0.25) is 0 Å². The van der Waals surface area contributed by atoms with E-state index >= 15 is 0 Å². The number of aromatic nitrogens is 3. The summed E-state index contributed by atoms with van der Waals surface area (Å²) in [5.41, 5.74) is 0. The first-order valence-corrected chi connectivity index (χ1v) is 8.91. The quantitative estimate of drug-likeness (QED) is 0.793. The highest BCUT2D eigenvalue weighted by atomic mass is 32.2. The summed E-state index contributed by atoms with van der Waals surface area (Å²) in [6.07, 6.45) is 6.74. The molecular formula is C14H21N5O2S. The normalized spacial score (nSPS) is 21.5. The molecule has 2 aliphatic rings. The fraction of sp³-hybridized carbons (Fsp3) is 0.714. The van der Waals surface area contributed by atoms with E-state index in [1.165, 1.54) is 0 Å². The van der Waals surface area contributed by atoms with Crippen LogP contribution in [0.3, 0.4) is 0 Å². The van der Waals surface area contributed by atoms with Crippen LogP contribution >= 0.6 is 11.8 Å². The highest BCUT2D eigenvalue weighted by Gasteiger charge is 2.37. The lowest BCUT2D eigenvalue weighted by Gasteiger charge is -2.27. The Bertz CT molecular complexity index is 515. The zero-order valence-electron chi connectivity index (χ0n) is 12.6.